The van der Waals surface area contributed by atoms with Gasteiger partial charge in [0, 0.05) is 12.3 Å². The van der Waals surface area contributed by atoms with Crippen molar-refractivity contribution in [3.63, 3.8) is 0 Å². The van der Waals surface area contributed by atoms with Gasteiger partial charge in [0.2, 0.25) is 5.91 Å². The van der Waals surface area contributed by atoms with Gasteiger partial charge in [0.1, 0.15) is 5.92 Å². The van der Waals surface area contributed by atoms with Crippen LogP contribution in [-0.2, 0) is 4.79 Å². The van der Waals surface area contributed by atoms with Gasteiger partial charge in [0.05, 0.1) is 0 Å². The lowest BCUT2D eigenvalue weighted by atomic mass is 9.89. The topological polar surface area (TPSA) is 55.5 Å². The van der Waals surface area contributed by atoms with Crippen LogP contribution in [0.1, 0.15) is 30.7 Å². The molecule has 3 heteroatoms. The molecular weight excluding hydrogens is 200 g/mol. The Hall–Kier alpha value is -1.64. The normalized spacial score (nSPS) is 17.6. The Morgan fingerprint density at radius 3 is 2.56 bits per heavy atom. The molecule has 16 heavy (non-hydrogen) atoms. The summed E-state index contributed by atoms with van der Waals surface area (Å²) < 4.78 is 0. The number of nitrogens with zero attached hydrogens (tertiary/aromatic N) is 1. The summed E-state index contributed by atoms with van der Waals surface area (Å²) >= 11 is 0. The number of benzene rings is 1. The number of carbonyl (C=O) groups excluding carboxylic acids is 1. The summed E-state index contributed by atoms with van der Waals surface area (Å²) in [5, 5.41) is 0. The Morgan fingerprint density at radius 1 is 1.25 bits per heavy atom. The van der Waals surface area contributed by atoms with E-state index in [1.54, 1.807) is 0 Å². The first-order valence-electron chi connectivity index (χ1n) is 5.66. The van der Waals surface area contributed by atoms with Gasteiger partial charge in [-0.25, -0.2) is 0 Å². The quantitative estimate of drug-likeness (QED) is 0.824. The second kappa shape index (κ2) is 4.92. The molecule has 1 amide bonds. The number of nitrogens with two attached hydrogens (primary N) is 1. The summed E-state index contributed by atoms with van der Waals surface area (Å²) in [5.41, 5.74) is 7.38. The molecule has 0 saturated heterocycles. The van der Waals surface area contributed by atoms with Crippen molar-refractivity contribution in [3.05, 3.63) is 35.9 Å². The fourth-order valence-corrected chi connectivity index (χ4v) is 2.12. The molecule has 3 nitrogen and oxygen atoms in total. The van der Waals surface area contributed by atoms with E-state index in [1.807, 2.05) is 30.3 Å². The van der Waals surface area contributed by atoms with Gasteiger partial charge in [-0.1, -0.05) is 30.3 Å². The van der Waals surface area contributed by atoms with Crippen LogP contribution >= 0.6 is 0 Å². The lowest BCUT2D eigenvalue weighted by Crippen LogP contribution is -2.29. The molecule has 1 aromatic rings. The molecular formula is C13H16N2O. The van der Waals surface area contributed by atoms with Crippen molar-refractivity contribution in [3.8, 4) is 0 Å². The van der Waals surface area contributed by atoms with Gasteiger partial charge in [-0.15, -0.1) is 0 Å². The van der Waals surface area contributed by atoms with E-state index >= 15 is 0 Å². The van der Waals surface area contributed by atoms with Gasteiger partial charge in [-0.3, -0.25) is 9.79 Å². The van der Waals surface area contributed by atoms with E-state index in [9.17, 15) is 4.79 Å². The van der Waals surface area contributed by atoms with Gasteiger partial charge >= 0.3 is 0 Å². The molecule has 1 aromatic carbocycles. The molecule has 84 valence electrons. The molecule has 0 aromatic heterocycles. The Kier molecular flexibility index (Phi) is 3.34. The predicted octanol–water partition coefficient (Wildman–Crippen LogP) is 1.88. The number of hydrogen-bond acceptors (Lipinski definition) is 2. The third kappa shape index (κ3) is 2.30. The Morgan fingerprint density at radius 2 is 2.00 bits per heavy atom. The number of primary amides is 1. The van der Waals surface area contributed by atoms with Crippen molar-refractivity contribution in [2.24, 2.45) is 10.7 Å². The molecule has 0 bridgehead atoms. The zero-order valence-corrected chi connectivity index (χ0v) is 9.23. The number of aliphatic imine (C=N–C) groups is 1. The maximum Gasteiger partial charge on any atom is 0.230 e. The maximum absolute atomic E-state index is 11.5. The van der Waals surface area contributed by atoms with Crippen LogP contribution in [0, 0.1) is 0 Å². The lowest BCUT2D eigenvalue weighted by Gasteiger charge is -2.19. The lowest BCUT2D eigenvalue weighted by molar-refractivity contribution is -0.118. The minimum absolute atomic E-state index is 0.299. The first kappa shape index (κ1) is 10.9. The molecule has 1 aliphatic heterocycles. The Labute approximate surface area is 95.4 Å². The van der Waals surface area contributed by atoms with E-state index in [2.05, 4.69) is 4.99 Å². The summed E-state index contributed by atoms with van der Waals surface area (Å²) in [4.78, 5) is 16.0. The number of amides is 1. The van der Waals surface area contributed by atoms with E-state index < -0.39 is 0 Å². The predicted molar refractivity (Wildman–Crippen MR) is 64.5 cm³/mol. The van der Waals surface area contributed by atoms with Crippen molar-refractivity contribution in [1.29, 1.82) is 0 Å². The molecule has 2 rings (SSSR count). The summed E-state index contributed by atoms with van der Waals surface area (Å²) in [6.45, 7) is 0.825. The Balaban J connectivity index is 2.31. The van der Waals surface area contributed by atoms with E-state index in [-0.39, 0.29) is 11.8 Å². The highest BCUT2D eigenvalue weighted by Crippen LogP contribution is 2.22. The zero-order chi connectivity index (χ0) is 11.4. The van der Waals surface area contributed by atoms with Crippen molar-refractivity contribution < 1.29 is 4.79 Å². The van der Waals surface area contributed by atoms with Gasteiger partial charge < -0.3 is 5.73 Å². The molecule has 1 unspecified atom stereocenters. The maximum atomic E-state index is 11.5. The number of rotatable bonds is 3. The van der Waals surface area contributed by atoms with Crippen LogP contribution in [0.15, 0.2) is 35.3 Å². The van der Waals surface area contributed by atoms with Crippen molar-refractivity contribution in [2.45, 2.75) is 25.2 Å². The molecule has 0 saturated carbocycles. The third-order valence-corrected chi connectivity index (χ3v) is 2.91. The molecule has 1 atom stereocenters. The highest BCUT2D eigenvalue weighted by molar-refractivity contribution is 6.08. The highest BCUT2D eigenvalue weighted by atomic mass is 16.1. The van der Waals surface area contributed by atoms with Crippen LogP contribution in [0.2, 0.25) is 0 Å². The summed E-state index contributed by atoms with van der Waals surface area (Å²) in [6.07, 6.45) is 3.11. The standard InChI is InChI=1S/C13H16N2O/c14-13(16)12(10-6-2-1-3-7-10)11-8-4-5-9-15-11/h1-3,6-7,12H,4-5,8-9H2,(H2,14,16). The number of hydrogen-bond donors (Lipinski definition) is 1. The van der Waals surface area contributed by atoms with Gasteiger partial charge in [0.25, 0.3) is 0 Å². The first-order valence-corrected chi connectivity index (χ1v) is 5.66. The minimum Gasteiger partial charge on any atom is -0.369 e. The zero-order valence-electron chi connectivity index (χ0n) is 9.23. The van der Waals surface area contributed by atoms with Crippen LogP contribution in [-0.4, -0.2) is 18.2 Å². The first-order chi connectivity index (χ1) is 7.79. The Bertz CT molecular complexity index is 398. The summed E-state index contributed by atoms with van der Waals surface area (Å²) in [5.74, 6) is -0.631. The fraction of sp³-hybridized carbons (Fsp3) is 0.385. The van der Waals surface area contributed by atoms with Crippen molar-refractivity contribution >= 4 is 11.6 Å². The molecule has 1 heterocycles. The fourth-order valence-electron chi connectivity index (χ4n) is 2.12. The monoisotopic (exact) mass is 216 g/mol. The molecule has 0 aliphatic carbocycles. The summed E-state index contributed by atoms with van der Waals surface area (Å²) in [6, 6.07) is 9.66. The van der Waals surface area contributed by atoms with E-state index in [4.69, 9.17) is 5.73 Å². The smallest absolute Gasteiger partial charge is 0.230 e. The van der Waals surface area contributed by atoms with Crippen LogP contribution in [0.5, 0.6) is 0 Å². The average Bonchev–Trinajstić information content (AvgIpc) is 2.31. The molecule has 0 spiro atoms. The summed E-state index contributed by atoms with van der Waals surface area (Å²) in [7, 11) is 0. The molecule has 1 aliphatic rings. The largest absolute Gasteiger partial charge is 0.369 e. The van der Waals surface area contributed by atoms with Crippen LogP contribution in [0.4, 0.5) is 0 Å². The van der Waals surface area contributed by atoms with Crippen LogP contribution < -0.4 is 5.73 Å². The van der Waals surface area contributed by atoms with Crippen LogP contribution in [0.25, 0.3) is 0 Å². The average molecular weight is 216 g/mol. The highest BCUT2D eigenvalue weighted by Gasteiger charge is 2.24. The number of carbonyl (C=O) groups is 1. The third-order valence-electron chi connectivity index (χ3n) is 2.91. The van der Waals surface area contributed by atoms with E-state index in [0.717, 1.165) is 37.1 Å². The molecule has 2 N–H and O–H groups in total. The van der Waals surface area contributed by atoms with E-state index in [0.29, 0.717) is 0 Å². The van der Waals surface area contributed by atoms with E-state index in [1.165, 1.54) is 0 Å². The van der Waals surface area contributed by atoms with Crippen molar-refractivity contribution in [2.75, 3.05) is 6.54 Å². The molecule has 0 radical (unpaired) electrons. The SMILES string of the molecule is NC(=O)C(C1=NCCCC1)c1ccccc1. The van der Waals surface area contributed by atoms with Gasteiger partial charge in [0.15, 0.2) is 0 Å². The molecule has 0 fully saturated rings. The van der Waals surface area contributed by atoms with Gasteiger partial charge in [-0.05, 0) is 24.8 Å². The van der Waals surface area contributed by atoms with Crippen molar-refractivity contribution in [1.82, 2.24) is 0 Å². The van der Waals surface area contributed by atoms with Gasteiger partial charge in [-0.2, -0.15) is 0 Å². The second-order valence-electron chi connectivity index (χ2n) is 4.08. The van der Waals surface area contributed by atoms with Crippen LogP contribution in [0.3, 0.4) is 0 Å². The second-order valence-corrected chi connectivity index (χ2v) is 4.08. The minimum atomic E-state index is -0.332.